The molecule has 0 bridgehead atoms. The van der Waals surface area contributed by atoms with E-state index in [0.29, 0.717) is 0 Å². The summed E-state index contributed by atoms with van der Waals surface area (Å²) < 4.78 is 27.2. The molecule has 0 unspecified atom stereocenters. The van der Waals surface area contributed by atoms with Crippen LogP contribution in [0.4, 0.5) is 14.7 Å². The van der Waals surface area contributed by atoms with E-state index in [1.807, 2.05) is 0 Å². The van der Waals surface area contributed by atoms with Gasteiger partial charge in [0.05, 0.1) is 6.21 Å². The van der Waals surface area contributed by atoms with E-state index in [4.69, 9.17) is 5.73 Å². The molecule has 0 radical (unpaired) electrons. The number of hydrogen-bond acceptors (Lipinski definition) is 6. The predicted octanol–water partition coefficient (Wildman–Crippen LogP) is -0.316. The number of hydrazone groups is 1. The first-order valence-corrected chi connectivity index (χ1v) is 5.35. The van der Waals surface area contributed by atoms with Gasteiger partial charge in [-0.15, -0.1) is 0 Å². The summed E-state index contributed by atoms with van der Waals surface area (Å²) in [5, 5.41) is 13.6. The molecule has 10 heteroatoms. The first kappa shape index (κ1) is 13.5. The standard InChI is InChI=1S/C10H9F2N7O/c11-7-3-1-2-6(9(7)12)4-14-15-8(20)5-19-10(13)16-17-18-19/h1-4H,5H2,(H,15,20)(H2,13,16,18)/b14-4-. The summed E-state index contributed by atoms with van der Waals surface area (Å²) >= 11 is 0. The fourth-order valence-corrected chi connectivity index (χ4v) is 1.29. The fourth-order valence-electron chi connectivity index (χ4n) is 1.29. The minimum absolute atomic E-state index is 0.0275. The molecule has 1 heterocycles. The molecule has 2 aromatic rings. The van der Waals surface area contributed by atoms with Crippen LogP contribution in [0.3, 0.4) is 0 Å². The highest BCUT2D eigenvalue weighted by atomic mass is 19.2. The summed E-state index contributed by atoms with van der Waals surface area (Å²) in [4.78, 5) is 11.4. The number of benzene rings is 1. The van der Waals surface area contributed by atoms with Gasteiger partial charge in [0.1, 0.15) is 6.54 Å². The molecule has 0 aliphatic heterocycles. The van der Waals surface area contributed by atoms with Crippen LogP contribution in [-0.2, 0) is 11.3 Å². The Bertz CT molecular complexity index is 655. The monoisotopic (exact) mass is 281 g/mol. The second-order valence-corrected chi connectivity index (χ2v) is 3.63. The Labute approximate surface area is 111 Å². The molecular formula is C10H9F2N7O. The third-order valence-corrected chi connectivity index (χ3v) is 2.23. The van der Waals surface area contributed by atoms with Crippen LogP contribution in [0.1, 0.15) is 5.56 Å². The Kier molecular flexibility index (Phi) is 3.93. The second kappa shape index (κ2) is 5.82. The fraction of sp³-hybridized carbons (Fsp3) is 0.100. The maximum atomic E-state index is 13.3. The van der Waals surface area contributed by atoms with Crippen molar-refractivity contribution in [3.8, 4) is 0 Å². The van der Waals surface area contributed by atoms with E-state index in [0.717, 1.165) is 17.0 Å². The first-order chi connectivity index (χ1) is 9.58. The minimum atomic E-state index is -1.05. The van der Waals surface area contributed by atoms with Gasteiger partial charge >= 0.3 is 0 Å². The molecule has 1 amide bonds. The van der Waals surface area contributed by atoms with Crippen LogP contribution < -0.4 is 11.2 Å². The molecule has 0 saturated carbocycles. The lowest BCUT2D eigenvalue weighted by Gasteiger charge is -2.00. The van der Waals surface area contributed by atoms with E-state index in [9.17, 15) is 13.6 Å². The molecule has 1 aromatic heterocycles. The van der Waals surface area contributed by atoms with Gasteiger partial charge in [-0.05, 0) is 16.5 Å². The molecule has 20 heavy (non-hydrogen) atoms. The maximum absolute atomic E-state index is 13.3. The number of halogens is 2. The molecule has 104 valence electrons. The second-order valence-electron chi connectivity index (χ2n) is 3.63. The number of nitrogens with two attached hydrogens (primary N) is 1. The van der Waals surface area contributed by atoms with Gasteiger partial charge < -0.3 is 5.73 Å². The average molecular weight is 281 g/mol. The van der Waals surface area contributed by atoms with Crippen molar-refractivity contribution < 1.29 is 13.6 Å². The highest BCUT2D eigenvalue weighted by Gasteiger charge is 2.07. The van der Waals surface area contributed by atoms with Gasteiger partial charge in [0.15, 0.2) is 11.6 Å². The van der Waals surface area contributed by atoms with Crippen LogP contribution in [-0.4, -0.2) is 32.3 Å². The number of amides is 1. The quantitative estimate of drug-likeness (QED) is 0.589. The number of tetrazole rings is 1. The van der Waals surface area contributed by atoms with Gasteiger partial charge in [0, 0.05) is 5.56 Å². The molecule has 0 fully saturated rings. The zero-order chi connectivity index (χ0) is 14.5. The summed E-state index contributed by atoms with van der Waals surface area (Å²) in [5.41, 5.74) is 7.38. The van der Waals surface area contributed by atoms with Crippen LogP contribution in [0.25, 0.3) is 0 Å². The average Bonchev–Trinajstić information content (AvgIpc) is 2.80. The van der Waals surface area contributed by atoms with Crippen LogP contribution in [0.15, 0.2) is 23.3 Å². The highest BCUT2D eigenvalue weighted by Crippen LogP contribution is 2.08. The smallest absolute Gasteiger partial charge is 0.261 e. The molecule has 8 nitrogen and oxygen atoms in total. The Morgan fingerprint density at radius 1 is 1.50 bits per heavy atom. The Balaban J connectivity index is 1.95. The van der Waals surface area contributed by atoms with Gasteiger partial charge in [-0.3, -0.25) is 4.79 Å². The van der Waals surface area contributed by atoms with Gasteiger partial charge in [-0.2, -0.15) is 5.10 Å². The van der Waals surface area contributed by atoms with Crippen LogP contribution in [0, 0.1) is 11.6 Å². The highest BCUT2D eigenvalue weighted by molar-refractivity contribution is 5.82. The van der Waals surface area contributed by atoms with Crippen molar-refractivity contribution in [2.75, 3.05) is 5.73 Å². The van der Waals surface area contributed by atoms with E-state index in [-0.39, 0.29) is 18.1 Å². The van der Waals surface area contributed by atoms with Crippen LogP contribution in [0.2, 0.25) is 0 Å². The summed E-state index contributed by atoms with van der Waals surface area (Å²) in [6, 6.07) is 3.61. The number of nitrogen functional groups attached to an aromatic ring is 1. The van der Waals surface area contributed by atoms with Crippen molar-refractivity contribution in [2.24, 2.45) is 5.10 Å². The van der Waals surface area contributed by atoms with E-state index in [1.54, 1.807) is 0 Å². The third-order valence-electron chi connectivity index (χ3n) is 2.23. The van der Waals surface area contributed by atoms with Crippen molar-refractivity contribution in [2.45, 2.75) is 6.54 Å². The van der Waals surface area contributed by atoms with Crippen molar-refractivity contribution in [1.29, 1.82) is 0 Å². The Morgan fingerprint density at radius 2 is 2.30 bits per heavy atom. The summed E-state index contributed by atoms with van der Waals surface area (Å²) in [6.45, 7) is -0.248. The molecule has 0 aliphatic carbocycles. The minimum Gasteiger partial charge on any atom is -0.367 e. The van der Waals surface area contributed by atoms with Gasteiger partial charge in [-0.25, -0.2) is 18.9 Å². The summed E-state index contributed by atoms with van der Waals surface area (Å²) in [6.07, 6.45) is 0.985. The van der Waals surface area contributed by atoms with Crippen LogP contribution >= 0.6 is 0 Å². The van der Waals surface area contributed by atoms with Crippen molar-refractivity contribution in [1.82, 2.24) is 25.6 Å². The molecule has 0 atom stereocenters. The van der Waals surface area contributed by atoms with Gasteiger partial charge in [0.25, 0.3) is 5.91 Å². The topological polar surface area (TPSA) is 111 Å². The maximum Gasteiger partial charge on any atom is 0.261 e. The molecule has 1 aromatic carbocycles. The van der Waals surface area contributed by atoms with E-state index < -0.39 is 17.5 Å². The number of nitrogens with one attached hydrogen (secondary N) is 1. The normalized spacial score (nSPS) is 10.9. The Hall–Kier alpha value is -2.91. The largest absolute Gasteiger partial charge is 0.367 e. The lowest BCUT2D eigenvalue weighted by molar-refractivity contribution is -0.121. The number of carbonyl (C=O) groups excluding carboxylic acids is 1. The summed E-state index contributed by atoms with van der Waals surface area (Å²) in [5.74, 6) is -2.64. The van der Waals surface area contributed by atoms with Gasteiger partial charge in [0.2, 0.25) is 5.95 Å². The SMILES string of the molecule is Nc1nnnn1CC(=O)N/N=C\c1cccc(F)c1F. The molecular weight excluding hydrogens is 272 g/mol. The van der Waals surface area contributed by atoms with Crippen molar-refractivity contribution in [3.05, 3.63) is 35.4 Å². The van der Waals surface area contributed by atoms with Gasteiger partial charge in [-0.1, -0.05) is 17.2 Å². The lowest BCUT2D eigenvalue weighted by atomic mass is 10.2. The molecule has 0 saturated heterocycles. The number of carbonyl (C=O) groups is 1. The number of aromatic nitrogens is 4. The van der Waals surface area contributed by atoms with E-state index >= 15 is 0 Å². The molecule has 3 N–H and O–H groups in total. The Morgan fingerprint density at radius 3 is 3.00 bits per heavy atom. The predicted molar refractivity (Wildman–Crippen MR) is 64.3 cm³/mol. The molecule has 0 aliphatic rings. The van der Waals surface area contributed by atoms with Crippen molar-refractivity contribution >= 4 is 18.1 Å². The van der Waals surface area contributed by atoms with Crippen LogP contribution in [0.5, 0.6) is 0 Å². The summed E-state index contributed by atoms with van der Waals surface area (Å²) in [7, 11) is 0. The zero-order valence-corrected chi connectivity index (χ0v) is 9.99. The number of rotatable bonds is 4. The third kappa shape index (κ3) is 3.10. The number of hydrogen-bond donors (Lipinski definition) is 2. The molecule has 0 spiro atoms. The van der Waals surface area contributed by atoms with E-state index in [2.05, 4.69) is 26.1 Å². The zero-order valence-electron chi connectivity index (χ0n) is 9.99. The lowest BCUT2D eigenvalue weighted by Crippen LogP contribution is -2.24. The first-order valence-electron chi connectivity index (χ1n) is 5.35. The molecule has 2 rings (SSSR count). The number of nitrogens with zero attached hydrogens (tertiary/aromatic N) is 5. The number of anilines is 1. The van der Waals surface area contributed by atoms with E-state index in [1.165, 1.54) is 12.1 Å². The van der Waals surface area contributed by atoms with Crippen molar-refractivity contribution in [3.63, 3.8) is 0 Å².